The predicted octanol–water partition coefficient (Wildman–Crippen LogP) is 3.02. The lowest BCUT2D eigenvalue weighted by atomic mass is 10.3. The molecule has 0 unspecified atom stereocenters. The first-order valence-corrected chi connectivity index (χ1v) is 8.47. The molecule has 0 aliphatic carbocycles. The average molecular weight is 337 g/mol. The van der Waals surface area contributed by atoms with Gasteiger partial charge in [-0.05, 0) is 36.4 Å². The lowest BCUT2D eigenvalue weighted by Gasteiger charge is -2.10. The Bertz CT molecular complexity index is 918. The summed E-state index contributed by atoms with van der Waals surface area (Å²) in [6.45, 7) is 0. The Morgan fingerprint density at radius 2 is 1.82 bits per heavy atom. The minimum atomic E-state index is -3.78. The Labute approximate surface area is 133 Å². The fourth-order valence-corrected chi connectivity index (χ4v) is 4.00. The molecule has 0 atom stereocenters. The van der Waals surface area contributed by atoms with E-state index in [1.807, 2.05) is 0 Å². The normalized spacial score (nSPS) is 11.7. The van der Waals surface area contributed by atoms with Gasteiger partial charge in [0.25, 0.3) is 10.0 Å². The van der Waals surface area contributed by atoms with Crippen molar-refractivity contribution < 1.29 is 13.2 Å². The second kappa shape index (κ2) is 5.62. The summed E-state index contributed by atoms with van der Waals surface area (Å²) >= 11 is 5.88. The summed E-state index contributed by atoms with van der Waals surface area (Å²) in [7, 11) is -2.25. The topological polar surface area (TPSA) is 61.2 Å². The van der Waals surface area contributed by atoms with E-state index in [9.17, 15) is 8.42 Å². The number of aromatic nitrogens is 2. The van der Waals surface area contributed by atoms with Gasteiger partial charge in [-0.2, -0.15) is 0 Å². The molecule has 0 radical (unpaired) electrons. The third-order valence-electron chi connectivity index (χ3n) is 3.30. The molecule has 0 bridgehead atoms. The van der Waals surface area contributed by atoms with Crippen molar-refractivity contribution in [3.63, 3.8) is 0 Å². The highest BCUT2D eigenvalue weighted by Crippen LogP contribution is 2.25. The van der Waals surface area contributed by atoms with Gasteiger partial charge in [-0.3, -0.25) is 0 Å². The zero-order valence-electron chi connectivity index (χ0n) is 11.7. The second-order valence-electron chi connectivity index (χ2n) is 4.60. The van der Waals surface area contributed by atoms with Crippen molar-refractivity contribution in [3.8, 4) is 5.75 Å². The number of benzene rings is 2. The summed E-state index contributed by atoms with van der Waals surface area (Å²) in [6.07, 6.45) is 0. The van der Waals surface area contributed by atoms with Crippen LogP contribution in [0.4, 0.5) is 0 Å². The van der Waals surface area contributed by atoms with E-state index in [0.717, 1.165) is 0 Å². The SMILES string of the molecule is COc1ccc(S(=O)(=O)n2c(CCl)nc3ccccc32)cc1. The van der Waals surface area contributed by atoms with Gasteiger partial charge in [0.15, 0.2) is 0 Å². The van der Waals surface area contributed by atoms with Crippen LogP contribution in [-0.2, 0) is 15.9 Å². The molecule has 0 saturated carbocycles. The molecule has 0 aliphatic heterocycles. The van der Waals surface area contributed by atoms with Gasteiger partial charge in [0.2, 0.25) is 0 Å². The summed E-state index contributed by atoms with van der Waals surface area (Å²) in [5.74, 6) is 0.884. The first kappa shape index (κ1) is 14.9. The van der Waals surface area contributed by atoms with Crippen LogP contribution in [0.15, 0.2) is 53.4 Å². The van der Waals surface area contributed by atoms with Crippen LogP contribution in [0.2, 0.25) is 0 Å². The number of para-hydroxylation sites is 2. The molecule has 0 N–H and O–H groups in total. The largest absolute Gasteiger partial charge is 0.497 e. The monoisotopic (exact) mass is 336 g/mol. The van der Waals surface area contributed by atoms with Crippen molar-refractivity contribution in [1.29, 1.82) is 0 Å². The van der Waals surface area contributed by atoms with Gasteiger partial charge in [0.05, 0.1) is 28.9 Å². The summed E-state index contributed by atoms with van der Waals surface area (Å²) in [4.78, 5) is 4.44. The first-order valence-electron chi connectivity index (χ1n) is 6.50. The maximum Gasteiger partial charge on any atom is 0.269 e. The highest BCUT2D eigenvalue weighted by Gasteiger charge is 2.23. The lowest BCUT2D eigenvalue weighted by molar-refractivity contribution is 0.414. The number of hydrogen-bond donors (Lipinski definition) is 0. The third-order valence-corrected chi connectivity index (χ3v) is 5.30. The van der Waals surface area contributed by atoms with Gasteiger partial charge in [-0.25, -0.2) is 17.4 Å². The lowest BCUT2D eigenvalue weighted by Crippen LogP contribution is -2.15. The molecule has 5 nitrogen and oxygen atoms in total. The number of hydrogen-bond acceptors (Lipinski definition) is 4. The molecule has 3 aromatic rings. The van der Waals surface area contributed by atoms with E-state index in [1.165, 1.54) is 23.2 Å². The molecule has 22 heavy (non-hydrogen) atoms. The van der Waals surface area contributed by atoms with Crippen LogP contribution in [0.3, 0.4) is 0 Å². The van der Waals surface area contributed by atoms with Gasteiger partial charge in [0, 0.05) is 0 Å². The van der Waals surface area contributed by atoms with Crippen LogP contribution >= 0.6 is 11.6 Å². The Kier molecular flexibility index (Phi) is 3.80. The van der Waals surface area contributed by atoms with Gasteiger partial charge in [-0.15, -0.1) is 11.6 Å². The molecule has 0 fully saturated rings. The van der Waals surface area contributed by atoms with E-state index >= 15 is 0 Å². The van der Waals surface area contributed by atoms with E-state index in [0.29, 0.717) is 22.6 Å². The molecule has 7 heteroatoms. The van der Waals surface area contributed by atoms with Crippen molar-refractivity contribution >= 4 is 32.7 Å². The second-order valence-corrected chi connectivity index (χ2v) is 6.65. The fourth-order valence-electron chi connectivity index (χ4n) is 2.26. The molecule has 0 saturated heterocycles. The molecule has 0 aliphatic rings. The molecule has 114 valence electrons. The molecular formula is C15H13ClN2O3S. The number of methoxy groups -OCH3 is 1. The number of fused-ring (bicyclic) bond motifs is 1. The van der Waals surface area contributed by atoms with Crippen molar-refractivity contribution in [3.05, 3.63) is 54.4 Å². The van der Waals surface area contributed by atoms with E-state index in [1.54, 1.807) is 36.4 Å². The fraction of sp³-hybridized carbons (Fsp3) is 0.133. The Morgan fingerprint density at radius 3 is 2.45 bits per heavy atom. The summed E-state index contributed by atoms with van der Waals surface area (Å²) in [5, 5.41) is 0. The molecule has 3 rings (SSSR count). The van der Waals surface area contributed by atoms with Crippen LogP contribution in [0, 0.1) is 0 Å². The first-order chi connectivity index (χ1) is 10.6. The molecular weight excluding hydrogens is 324 g/mol. The number of ether oxygens (including phenoxy) is 1. The molecule has 2 aromatic carbocycles. The number of alkyl halides is 1. The maximum atomic E-state index is 12.9. The molecule has 1 aromatic heterocycles. The third kappa shape index (κ3) is 2.34. The summed E-state index contributed by atoms with van der Waals surface area (Å²) in [5.41, 5.74) is 1.10. The average Bonchev–Trinajstić information content (AvgIpc) is 2.94. The van der Waals surface area contributed by atoms with Gasteiger partial charge < -0.3 is 4.74 Å². The smallest absolute Gasteiger partial charge is 0.269 e. The Hall–Kier alpha value is -2.05. The maximum absolute atomic E-state index is 12.9. The number of halogens is 1. The highest BCUT2D eigenvalue weighted by atomic mass is 35.5. The van der Waals surface area contributed by atoms with E-state index in [2.05, 4.69) is 4.98 Å². The molecule has 0 spiro atoms. The molecule has 0 amide bonds. The summed E-state index contributed by atoms with van der Waals surface area (Å²) < 4.78 is 32.1. The zero-order valence-corrected chi connectivity index (χ0v) is 13.3. The van der Waals surface area contributed by atoms with Gasteiger partial charge in [0.1, 0.15) is 11.6 Å². The van der Waals surface area contributed by atoms with Crippen molar-refractivity contribution in [2.45, 2.75) is 10.8 Å². The van der Waals surface area contributed by atoms with Crippen molar-refractivity contribution in [1.82, 2.24) is 8.96 Å². The van der Waals surface area contributed by atoms with Gasteiger partial charge >= 0.3 is 0 Å². The highest BCUT2D eigenvalue weighted by molar-refractivity contribution is 7.90. The van der Waals surface area contributed by atoms with Crippen molar-refractivity contribution in [2.24, 2.45) is 0 Å². The van der Waals surface area contributed by atoms with Crippen LogP contribution in [0.1, 0.15) is 5.82 Å². The Balaban J connectivity index is 2.23. The minimum absolute atomic E-state index is 0.00403. The number of nitrogens with zero attached hydrogens (tertiary/aromatic N) is 2. The number of rotatable bonds is 4. The standard InChI is InChI=1S/C15H13ClN2O3S/c1-21-11-6-8-12(9-7-11)22(19,20)18-14-5-3-2-4-13(14)17-15(18)10-16/h2-9H,10H2,1H3. The van der Waals surface area contributed by atoms with Crippen LogP contribution < -0.4 is 4.74 Å². The minimum Gasteiger partial charge on any atom is -0.497 e. The zero-order chi connectivity index (χ0) is 15.7. The van der Waals surface area contributed by atoms with E-state index < -0.39 is 10.0 Å². The number of imidazole rings is 1. The van der Waals surface area contributed by atoms with Crippen LogP contribution in [0.5, 0.6) is 5.75 Å². The van der Waals surface area contributed by atoms with E-state index in [4.69, 9.17) is 16.3 Å². The van der Waals surface area contributed by atoms with Crippen molar-refractivity contribution in [2.75, 3.05) is 7.11 Å². The van der Waals surface area contributed by atoms with Gasteiger partial charge in [-0.1, -0.05) is 12.1 Å². The van der Waals surface area contributed by atoms with E-state index in [-0.39, 0.29) is 10.8 Å². The Morgan fingerprint density at radius 1 is 1.14 bits per heavy atom. The summed E-state index contributed by atoms with van der Waals surface area (Å²) in [6, 6.07) is 13.2. The predicted molar refractivity (Wildman–Crippen MR) is 84.9 cm³/mol. The molecule has 1 heterocycles. The van der Waals surface area contributed by atoms with Crippen LogP contribution in [0.25, 0.3) is 11.0 Å². The quantitative estimate of drug-likeness (QED) is 0.687. The van der Waals surface area contributed by atoms with Crippen LogP contribution in [-0.4, -0.2) is 24.5 Å².